The van der Waals surface area contributed by atoms with Gasteiger partial charge in [0.25, 0.3) is 0 Å². The smallest absolute Gasteiger partial charge is 0.0880 e. The van der Waals surface area contributed by atoms with Crippen LogP contribution in [-0.4, -0.2) is 28.5 Å². The zero-order valence-electron chi connectivity index (χ0n) is 8.20. The molecule has 0 radical (unpaired) electrons. The Morgan fingerprint density at radius 2 is 2.25 bits per heavy atom. The van der Waals surface area contributed by atoms with Gasteiger partial charge in [-0.15, -0.1) is 0 Å². The van der Waals surface area contributed by atoms with Gasteiger partial charge in [0.1, 0.15) is 0 Å². The molecule has 1 N–H and O–H groups in total. The number of aliphatic hydroxyl groups excluding tert-OH is 1. The van der Waals surface area contributed by atoms with Crippen LogP contribution in [0.2, 0.25) is 0 Å². The maximum Gasteiger partial charge on any atom is 0.0880 e. The van der Waals surface area contributed by atoms with Crippen LogP contribution < -0.4 is 0 Å². The molecule has 2 rings (SSSR count). The van der Waals surface area contributed by atoms with Crippen molar-refractivity contribution < 1.29 is 47.1 Å². The Kier molecular flexibility index (Phi) is 2.34. The number of hydrogen-bond donors (Lipinski definition) is 1. The summed E-state index contributed by atoms with van der Waals surface area (Å²) in [4.78, 5) is 0. The zero-order valence-corrected chi connectivity index (χ0v) is 11.4. The van der Waals surface area contributed by atoms with E-state index in [1.54, 1.807) is 0 Å². The van der Waals surface area contributed by atoms with Gasteiger partial charge in [0.2, 0.25) is 0 Å². The number of aliphatic hydroxyl groups is 1. The van der Waals surface area contributed by atoms with Crippen molar-refractivity contribution in [2.75, 3.05) is 0 Å². The predicted molar refractivity (Wildman–Crippen MR) is 38.7 cm³/mol. The Labute approximate surface area is 97.6 Å². The molecule has 0 unspecified atom stereocenters. The third-order valence-corrected chi connectivity index (χ3v) is 2.65. The van der Waals surface area contributed by atoms with Gasteiger partial charge < -0.3 is 14.6 Å². The molecule has 3 nitrogen and oxygen atoms in total. The summed E-state index contributed by atoms with van der Waals surface area (Å²) in [6.45, 7) is 5.20. The fourth-order valence-corrected chi connectivity index (χ4v) is 1.63. The quantitative estimate of drug-likeness (QED) is 0.606. The van der Waals surface area contributed by atoms with Crippen LogP contribution in [-0.2, 0) is 9.47 Å². The number of ether oxygens (including phenoxy) is 2. The Morgan fingerprint density at radius 1 is 1.58 bits per heavy atom. The normalized spacial score (nSPS) is 50.1. The Morgan fingerprint density at radius 3 is 2.50 bits per heavy atom. The molecule has 68 valence electrons. The van der Waals surface area contributed by atoms with Crippen LogP contribution in [0.4, 0.5) is 0 Å². The molecular weight excluding hydrogens is 382 g/mol. The van der Waals surface area contributed by atoms with E-state index in [2.05, 4.69) is 0 Å². The first kappa shape index (κ1) is 9.49. The average molecular weight is 396 g/mol. The van der Waals surface area contributed by atoms with Crippen LogP contribution in [0, 0.1) is 37.7 Å². The molecule has 2 aliphatic heterocycles. The summed E-state index contributed by atoms with van der Waals surface area (Å²) in [6, 6.07) is 0. The van der Waals surface area contributed by atoms with E-state index in [9.17, 15) is 5.11 Å². The van der Waals surface area contributed by atoms with Gasteiger partial charge in [-0.1, -0.05) is 0 Å². The zero-order chi connectivity index (χ0) is 8.98. The average Bonchev–Trinajstić information content (AvgIpc) is 2.39. The van der Waals surface area contributed by atoms with Crippen LogP contribution in [0.3, 0.4) is 0 Å². The Balaban J connectivity index is 0.000000845. The van der Waals surface area contributed by atoms with Gasteiger partial charge in [-0.05, 0) is 26.9 Å². The van der Waals surface area contributed by atoms with Gasteiger partial charge in [0, 0.05) is 32.5 Å². The van der Waals surface area contributed by atoms with Crippen LogP contribution in [0.25, 0.3) is 0 Å². The SMILES string of the molecule is [2H]C[C@]12O[CH-][C@H](OC1(C)C)[C@@H]2O.[U]. The standard InChI is InChI=1S/C8H13O3.U/c1-7(2)8(3)6(9)5(11-7)4-10-8;/h4-6,9H,1-3H3;/q-1;/t5-,6-,8+;/m0./s1/i3D;. The molecule has 0 amide bonds. The largest absolute Gasteiger partial charge is 0.541 e. The molecule has 0 saturated carbocycles. The minimum atomic E-state index is -0.850. The molecular formula is C8H13O3U-. The fraction of sp³-hybridized carbons (Fsp3) is 0.875. The van der Waals surface area contributed by atoms with Crippen LogP contribution in [0.15, 0.2) is 0 Å². The van der Waals surface area contributed by atoms with E-state index in [-0.39, 0.29) is 44.1 Å². The second-order valence-electron chi connectivity index (χ2n) is 3.68. The third-order valence-electron chi connectivity index (χ3n) is 2.65. The van der Waals surface area contributed by atoms with Gasteiger partial charge in [-0.3, -0.25) is 0 Å². The van der Waals surface area contributed by atoms with Crippen molar-refractivity contribution in [2.24, 2.45) is 0 Å². The minimum absolute atomic E-state index is 0. The molecule has 2 heterocycles. The topological polar surface area (TPSA) is 38.7 Å². The van der Waals surface area contributed by atoms with Crippen molar-refractivity contribution in [1.82, 2.24) is 0 Å². The summed E-state index contributed by atoms with van der Waals surface area (Å²) in [6.07, 6.45) is -1.05. The maximum absolute atomic E-state index is 9.71. The summed E-state index contributed by atoms with van der Waals surface area (Å²) in [5.74, 6) is 0. The molecule has 0 aromatic carbocycles. The monoisotopic (exact) mass is 396 g/mol. The van der Waals surface area contributed by atoms with Crippen molar-refractivity contribution in [3.8, 4) is 0 Å². The molecule has 3 atom stereocenters. The van der Waals surface area contributed by atoms with Crippen molar-refractivity contribution in [3.63, 3.8) is 0 Å². The first-order valence-corrected chi connectivity index (χ1v) is 3.70. The minimum Gasteiger partial charge on any atom is -0.541 e. The number of hydrogen-bond acceptors (Lipinski definition) is 3. The van der Waals surface area contributed by atoms with E-state index < -0.39 is 17.3 Å². The molecule has 0 aromatic heterocycles. The fourth-order valence-electron chi connectivity index (χ4n) is 1.63. The molecule has 12 heavy (non-hydrogen) atoms. The van der Waals surface area contributed by atoms with E-state index in [0.29, 0.717) is 0 Å². The summed E-state index contributed by atoms with van der Waals surface area (Å²) < 4.78 is 18.2. The molecule has 0 spiro atoms. The van der Waals surface area contributed by atoms with Crippen LogP contribution in [0.5, 0.6) is 0 Å². The molecule has 4 heteroatoms. The van der Waals surface area contributed by atoms with Gasteiger partial charge in [-0.2, -0.15) is 6.61 Å². The molecule has 0 aromatic rings. The van der Waals surface area contributed by atoms with Crippen LogP contribution in [0.1, 0.15) is 22.1 Å². The summed E-state index contributed by atoms with van der Waals surface area (Å²) in [5.41, 5.74) is -1.41. The van der Waals surface area contributed by atoms with Crippen molar-refractivity contribution in [1.29, 1.82) is 0 Å². The van der Waals surface area contributed by atoms with E-state index in [0.717, 1.165) is 0 Å². The summed E-state index contributed by atoms with van der Waals surface area (Å²) in [5, 5.41) is 9.71. The summed E-state index contributed by atoms with van der Waals surface area (Å²) >= 11 is 0. The van der Waals surface area contributed by atoms with Crippen molar-refractivity contribution in [3.05, 3.63) is 6.61 Å². The van der Waals surface area contributed by atoms with Crippen molar-refractivity contribution >= 4 is 0 Å². The number of rotatable bonds is 0. The van der Waals surface area contributed by atoms with E-state index >= 15 is 0 Å². The molecule has 0 aliphatic carbocycles. The van der Waals surface area contributed by atoms with Gasteiger partial charge in [0.15, 0.2) is 0 Å². The van der Waals surface area contributed by atoms with E-state index in [4.69, 9.17) is 10.8 Å². The Hall–Kier alpha value is 0.932. The second kappa shape index (κ2) is 2.96. The molecule has 2 bridgehead atoms. The first-order chi connectivity index (χ1) is 5.53. The van der Waals surface area contributed by atoms with E-state index in [1.807, 2.05) is 13.8 Å². The molecule has 2 aliphatic rings. The Bertz CT molecular complexity index is 212. The number of fused-ring (bicyclic) bond motifs is 2. The van der Waals surface area contributed by atoms with Crippen molar-refractivity contribution in [2.45, 2.75) is 44.2 Å². The summed E-state index contributed by atoms with van der Waals surface area (Å²) in [7, 11) is 0. The predicted octanol–water partition coefficient (Wildman–Crippen LogP) is 0.475. The van der Waals surface area contributed by atoms with Crippen LogP contribution >= 0.6 is 0 Å². The molecule has 2 saturated heterocycles. The maximum atomic E-state index is 9.71. The van der Waals surface area contributed by atoms with Gasteiger partial charge in [0.05, 0.1) is 17.3 Å². The van der Waals surface area contributed by atoms with Gasteiger partial charge in [-0.25, -0.2) is 0 Å². The third kappa shape index (κ3) is 1.13. The second-order valence-corrected chi connectivity index (χ2v) is 3.68. The van der Waals surface area contributed by atoms with Gasteiger partial charge >= 0.3 is 0 Å². The first-order valence-electron chi connectivity index (χ1n) is 4.40. The molecule has 2 fully saturated rings. The van der Waals surface area contributed by atoms with E-state index in [1.165, 1.54) is 6.61 Å².